The van der Waals surface area contributed by atoms with Crippen molar-refractivity contribution < 1.29 is 18.3 Å². The van der Waals surface area contributed by atoms with Crippen LogP contribution in [0.5, 0.6) is 0 Å². The number of alkyl carbamates (subject to hydrolysis) is 1. The third-order valence-corrected chi connectivity index (χ3v) is 2.59. The summed E-state index contributed by atoms with van der Waals surface area (Å²) >= 11 is 0. The minimum Gasteiger partial charge on any atom is -0.446 e. The first kappa shape index (κ1) is 13.2. The maximum absolute atomic E-state index is 12.8. The van der Waals surface area contributed by atoms with E-state index in [0.29, 0.717) is 12.5 Å². The first-order valence-corrected chi connectivity index (χ1v) is 5.71. The lowest BCUT2D eigenvalue weighted by atomic mass is 9.94. The quantitative estimate of drug-likeness (QED) is 0.816. The van der Waals surface area contributed by atoms with Crippen LogP contribution in [-0.4, -0.2) is 24.7 Å². The molecule has 0 unspecified atom stereocenters. The van der Waals surface area contributed by atoms with Crippen LogP contribution >= 0.6 is 0 Å². The Labute approximate surface area is 94.5 Å². The maximum Gasteiger partial charge on any atom is 0.407 e. The molecular formula is C11H19F2NO2. The average molecular weight is 235 g/mol. The van der Waals surface area contributed by atoms with Crippen molar-refractivity contribution in [2.45, 2.75) is 51.6 Å². The zero-order valence-corrected chi connectivity index (χ0v) is 9.76. The second-order valence-electron chi connectivity index (χ2n) is 4.74. The average Bonchev–Trinajstić information content (AvgIpc) is 2.18. The topological polar surface area (TPSA) is 38.3 Å². The summed E-state index contributed by atoms with van der Waals surface area (Å²) in [6, 6.07) is 0. The van der Waals surface area contributed by atoms with Crippen molar-refractivity contribution in [1.82, 2.24) is 5.32 Å². The number of hydrogen-bond donors (Lipinski definition) is 1. The van der Waals surface area contributed by atoms with Crippen LogP contribution in [0.4, 0.5) is 13.6 Å². The van der Waals surface area contributed by atoms with Crippen molar-refractivity contribution in [2.75, 3.05) is 6.54 Å². The van der Waals surface area contributed by atoms with E-state index in [-0.39, 0.29) is 31.8 Å². The van der Waals surface area contributed by atoms with E-state index in [1.54, 1.807) is 0 Å². The molecule has 94 valence electrons. The first-order chi connectivity index (χ1) is 7.39. The van der Waals surface area contributed by atoms with Crippen LogP contribution < -0.4 is 5.32 Å². The van der Waals surface area contributed by atoms with Gasteiger partial charge < -0.3 is 10.1 Å². The van der Waals surface area contributed by atoms with Crippen LogP contribution in [0, 0.1) is 5.92 Å². The molecule has 0 aromatic rings. The fourth-order valence-electron chi connectivity index (χ4n) is 1.61. The smallest absolute Gasteiger partial charge is 0.407 e. The van der Waals surface area contributed by atoms with Crippen LogP contribution in [-0.2, 0) is 4.74 Å². The van der Waals surface area contributed by atoms with Crippen LogP contribution in [0.2, 0.25) is 0 Å². The van der Waals surface area contributed by atoms with E-state index in [4.69, 9.17) is 4.74 Å². The van der Waals surface area contributed by atoms with Crippen molar-refractivity contribution in [3.63, 3.8) is 0 Å². The molecule has 3 nitrogen and oxygen atoms in total. The highest BCUT2D eigenvalue weighted by Gasteiger charge is 2.36. The van der Waals surface area contributed by atoms with Gasteiger partial charge in [-0.2, -0.15) is 0 Å². The van der Waals surface area contributed by atoms with Gasteiger partial charge in [0.1, 0.15) is 6.10 Å². The minimum atomic E-state index is -2.58. The molecule has 16 heavy (non-hydrogen) atoms. The van der Waals surface area contributed by atoms with Gasteiger partial charge in [0.15, 0.2) is 0 Å². The monoisotopic (exact) mass is 235 g/mol. The van der Waals surface area contributed by atoms with Gasteiger partial charge in [0.2, 0.25) is 5.92 Å². The summed E-state index contributed by atoms with van der Waals surface area (Å²) < 4.78 is 30.7. The normalized spacial score (nSPS) is 20.8. The number of halogens is 2. The Morgan fingerprint density at radius 3 is 2.50 bits per heavy atom. The van der Waals surface area contributed by atoms with Gasteiger partial charge in [-0.25, -0.2) is 13.6 Å². The van der Waals surface area contributed by atoms with E-state index in [1.807, 2.05) is 13.8 Å². The van der Waals surface area contributed by atoms with Gasteiger partial charge in [-0.15, -0.1) is 0 Å². The molecule has 0 spiro atoms. The molecule has 0 saturated heterocycles. The molecule has 1 aliphatic carbocycles. The first-order valence-electron chi connectivity index (χ1n) is 5.71. The summed E-state index contributed by atoms with van der Waals surface area (Å²) in [5, 5.41) is 2.60. The number of ether oxygens (including phenoxy) is 1. The predicted octanol–water partition coefficient (Wildman–Crippen LogP) is 2.95. The van der Waals surface area contributed by atoms with Crippen molar-refractivity contribution in [1.29, 1.82) is 0 Å². The molecule has 1 fully saturated rings. The van der Waals surface area contributed by atoms with Gasteiger partial charge in [-0.1, -0.05) is 13.8 Å². The second kappa shape index (κ2) is 5.46. The number of alkyl halides is 2. The van der Waals surface area contributed by atoms with E-state index in [2.05, 4.69) is 5.32 Å². The van der Waals surface area contributed by atoms with Crippen LogP contribution in [0.25, 0.3) is 0 Å². The van der Waals surface area contributed by atoms with Gasteiger partial charge in [-0.05, 0) is 18.8 Å². The number of nitrogens with one attached hydrogen (secondary N) is 1. The summed E-state index contributed by atoms with van der Waals surface area (Å²) in [5.41, 5.74) is 0. The molecule has 1 amide bonds. The van der Waals surface area contributed by atoms with E-state index in [0.717, 1.165) is 0 Å². The van der Waals surface area contributed by atoms with Gasteiger partial charge in [-0.3, -0.25) is 0 Å². The summed E-state index contributed by atoms with van der Waals surface area (Å²) in [7, 11) is 0. The Bertz CT molecular complexity index is 234. The molecule has 0 aromatic carbocycles. The highest BCUT2D eigenvalue weighted by molar-refractivity contribution is 5.67. The van der Waals surface area contributed by atoms with E-state index < -0.39 is 12.0 Å². The standard InChI is InChI=1S/C11H19F2NO2/c1-8(2)7-14-10(15)16-9-3-5-11(12,13)6-4-9/h8-9H,3-7H2,1-2H3,(H,14,15). The summed E-state index contributed by atoms with van der Waals surface area (Å²) in [4.78, 5) is 11.3. The number of hydrogen-bond acceptors (Lipinski definition) is 2. The molecule has 1 saturated carbocycles. The molecule has 0 radical (unpaired) electrons. The lowest BCUT2D eigenvalue weighted by molar-refractivity contribution is -0.0655. The summed E-state index contributed by atoms with van der Waals surface area (Å²) in [6.45, 7) is 4.49. The van der Waals surface area contributed by atoms with E-state index >= 15 is 0 Å². The van der Waals surface area contributed by atoms with Crippen molar-refractivity contribution in [3.8, 4) is 0 Å². The van der Waals surface area contributed by atoms with Gasteiger partial charge in [0.25, 0.3) is 0 Å². The zero-order chi connectivity index (χ0) is 12.2. The highest BCUT2D eigenvalue weighted by atomic mass is 19.3. The lowest BCUT2D eigenvalue weighted by Crippen LogP contribution is -2.35. The molecule has 0 atom stereocenters. The van der Waals surface area contributed by atoms with Crippen LogP contribution in [0.1, 0.15) is 39.5 Å². The lowest BCUT2D eigenvalue weighted by Gasteiger charge is -2.28. The fraction of sp³-hybridized carbons (Fsp3) is 0.909. The molecule has 0 aliphatic heterocycles. The molecule has 1 N–H and O–H groups in total. The molecule has 1 rings (SSSR count). The van der Waals surface area contributed by atoms with Gasteiger partial charge in [0.05, 0.1) is 0 Å². The Morgan fingerprint density at radius 2 is 2.00 bits per heavy atom. The number of carbonyl (C=O) groups excluding carboxylic acids is 1. The molecule has 0 aromatic heterocycles. The molecule has 1 aliphatic rings. The third-order valence-electron chi connectivity index (χ3n) is 2.59. The van der Waals surface area contributed by atoms with Gasteiger partial charge in [0, 0.05) is 19.4 Å². The molecule has 0 bridgehead atoms. The number of rotatable bonds is 3. The Morgan fingerprint density at radius 1 is 1.44 bits per heavy atom. The summed E-state index contributed by atoms with van der Waals surface area (Å²) in [6.07, 6.45) is -0.718. The molecule has 5 heteroatoms. The Kier molecular flexibility index (Phi) is 4.50. The summed E-state index contributed by atoms with van der Waals surface area (Å²) in [5.74, 6) is -2.22. The van der Waals surface area contributed by atoms with Crippen LogP contribution in [0.3, 0.4) is 0 Å². The van der Waals surface area contributed by atoms with Crippen molar-refractivity contribution >= 4 is 6.09 Å². The number of carbonyl (C=O) groups is 1. The largest absolute Gasteiger partial charge is 0.446 e. The fourth-order valence-corrected chi connectivity index (χ4v) is 1.61. The predicted molar refractivity (Wildman–Crippen MR) is 56.5 cm³/mol. The Hall–Kier alpha value is -0.870. The zero-order valence-electron chi connectivity index (χ0n) is 9.76. The maximum atomic E-state index is 12.8. The van der Waals surface area contributed by atoms with Crippen molar-refractivity contribution in [2.24, 2.45) is 5.92 Å². The highest BCUT2D eigenvalue weighted by Crippen LogP contribution is 2.34. The van der Waals surface area contributed by atoms with E-state index in [9.17, 15) is 13.6 Å². The molecule has 0 heterocycles. The van der Waals surface area contributed by atoms with Crippen molar-refractivity contribution in [3.05, 3.63) is 0 Å². The SMILES string of the molecule is CC(C)CNC(=O)OC1CCC(F)(F)CC1. The van der Waals surface area contributed by atoms with Gasteiger partial charge >= 0.3 is 6.09 Å². The molecular weight excluding hydrogens is 216 g/mol. The number of amides is 1. The van der Waals surface area contributed by atoms with E-state index in [1.165, 1.54) is 0 Å². The Balaban J connectivity index is 2.21. The van der Waals surface area contributed by atoms with Crippen LogP contribution in [0.15, 0.2) is 0 Å². The minimum absolute atomic E-state index is 0.185. The second-order valence-corrected chi connectivity index (χ2v) is 4.74. The third kappa shape index (κ3) is 4.77.